The summed E-state index contributed by atoms with van der Waals surface area (Å²) < 4.78 is 0. The van der Waals surface area contributed by atoms with Crippen molar-refractivity contribution >= 4 is 0 Å². The summed E-state index contributed by atoms with van der Waals surface area (Å²) in [4.78, 5) is 2.42. The molecule has 1 aliphatic rings. The van der Waals surface area contributed by atoms with Crippen molar-refractivity contribution < 1.29 is 0 Å². The zero-order chi connectivity index (χ0) is 9.84. The van der Waals surface area contributed by atoms with Crippen LogP contribution in [-0.2, 0) is 0 Å². The van der Waals surface area contributed by atoms with Gasteiger partial charge in [0.05, 0.1) is 0 Å². The molecule has 0 radical (unpaired) electrons. The third-order valence-electron chi connectivity index (χ3n) is 3.31. The molecule has 2 heteroatoms. The summed E-state index contributed by atoms with van der Waals surface area (Å²) in [6.45, 7) is 6.95. The van der Waals surface area contributed by atoms with E-state index in [-0.39, 0.29) is 0 Å². The lowest BCUT2D eigenvalue weighted by Gasteiger charge is -2.25. The number of rotatable bonds is 2. The molecule has 0 aliphatic carbocycles. The van der Waals surface area contributed by atoms with Crippen LogP contribution in [0.1, 0.15) is 33.1 Å². The molecule has 0 aromatic carbocycles. The smallest absolute Gasteiger partial charge is 0.00908 e. The molecule has 13 heavy (non-hydrogen) atoms. The normalized spacial score (nSPS) is 28.8. The van der Waals surface area contributed by atoms with Crippen LogP contribution in [0.2, 0.25) is 0 Å². The van der Waals surface area contributed by atoms with Gasteiger partial charge >= 0.3 is 0 Å². The summed E-state index contributed by atoms with van der Waals surface area (Å²) in [6, 6.07) is 0.409. The van der Waals surface area contributed by atoms with Gasteiger partial charge in [0.25, 0.3) is 0 Å². The first kappa shape index (κ1) is 11.0. The first-order valence-corrected chi connectivity index (χ1v) is 5.55. The molecule has 0 aromatic rings. The highest BCUT2D eigenvalue weighted by atomic mass is 15.1. The Morgan fingerprint density at radius 2 is 1.92 bits per heavy atom. The maximum absolute atomic E-state index is 6.19. The summed E-state index contributed by atoms with van der Waals surface area (Å²) in [7, 11) is 2.21. The Morgan fingerprint density at radius 3 is 2.54 bits per heavy atom. The molecule has 2 nitrogen and oxygen atoms in total. The fraction of sp³-hybridized carbons (Fsp3) is 1.00. The van der Waals surface area contributed by atoms with E-state index in [2.05, 4.69) is 25.8 Å². The zero-order valence-corrected chi connectivity index (χ0v) is 9.29. The topological polar surface area (TPSA) is 29.3 Å². The number of nitrogens with zero attached hydrogens (tertiary/aromatic N) is 1. The van der Waals surface area contributed by atoms with Crippen LogP contribution in [0.15, 0.2) is 0 Å². The van der Waals surface area contributed by atoms with E-state index in [9.17, 15) is 0 Å². The summed E-state index contributed by atoms with van der Waals surface area (Å²) >= 11 is 0. The van der Waals surface area contributed by atoms with Gasteiger partial charge in [-0.1, -0.05) is 13.8 Å². The number of hydrogen-bond acceptors (Lipinski definition) is 2. The van der Waals surface area contributed by atoms with Crippen molar-refractivity contribution in [3.63, 3.8) is 0 Å². The second-order valence-electron chi connectivity index (χ2n) is 4.82. The molecule has 1 rings (SSSR count). The van der Waals surface area contributed by atoms with Crippen LogP contribution < -0.4 is 5.73 Å². The van der Waals surface area contributed by atoms with Gasteiger partial charge in [0.2, 0.25) is 0 Å². The average Bonchev–Trinajstić information content (AvgIpc) is 2.28. The van der Waals surface area contributed by atoms with Gasteiger partial charge < -0.3 is 10.6 Å². The summed E-state index contributed by atoms with van der Waals surface area (Å²) in [5, 5.41) is 0. The molecule has 2 unspecified atom stereocenters. The molecule has 1 saturated heterocycles. The predicted molar refractivity (Wildman–Crippen MR) is 57.7 cm³/mol. The average molecular weight is 184 g/mol. The van der Waals surface area contributed by atoms with Crippen LogP contribution in [-0.4, -0.2) is 31.1 Å². The lowest BCUT2D eigenvalue weighted by molar-refractivity contribution is 0.298. The lowest BCUT2D eigenvalue weighted by atomic mass is 9.86. The number of nitrogens with two attached hydrogens (primary N) is 1. The van der Waals surface area contributed by atoms with Gasteiger partial charge in [-0.05, 0) is 51.2 Å². The summed E-state index contributed by atoms with van der Waals surface area (Å²) in [6.07, 6.45) is 3.93. The third kappa shape index (κ3) is 3.28. The van der Waals surface area contributed by atoms with E-state index in [1.54, 1.807) is 0 Å². The van der Waals surface area contributed by atoms with Gasteiger partial charge in [0.15, 0.2) is 0 Å². The molecule has 0 saturated carbocycles. The first-order chi connectivity index (χ1) is 6.11. The van der Waals surface area contributed by atoms with E-state index in [4.69, 9.17) is 5.73 Å². The maximum Gasteiger partial charge on any atom is 0.00908 e. The molecule has 1 aliphatic heterocycles. The molecular weight excluding hydrogens is 160 g/mol. The molecule has 0 aromatic heterocycles. The Kier molecular flexibility index (Phi) is 4.20. The van der Waals surface area contributed by atoms with E-state index in [1.165, 1.54) is 32.4 Å². The maximum atomic E-state index is 6.19. The van der Waals surface area contributed by atoms with Crippen LogP contribution in [0.25, 0.3) is 0 Å². The van der Waals surface area contributed by atoms with Crippen LogP contribution >= 0.6 is 0 Å². The number of likely N-dealkylation sites (tertiary alicyclic amines) is 1. The minimum absolute atomic E-state index is 0.409. The second kappa shape index (κ2) is 4.97. The quantitative estimate of drug-likeness (QED) is 0.708. The van der Waals surface area contributed by atoms with Gasteiger partial charge in [-0.15, -0.1) is 0 Å². The largest absolute Gasteiger partial charge is 0.327 e. The van der Waals surface area contributed by atoms with E-state index >= 15 is 0 Å². The highest BCUT2D eigenvalue weighted by molar-refractivity contribution is 4.79. The zero-order valence-electron chi connectivity index (χ0n) is 9.29. The van der Waals surface area contributed by atoms with Crippen LogP contribution in [0.5, 0.6) is 0 Å². The van der Waals surface area contributed by atoms with E-state index < -0.39 is 0 Å². The van der Waals surface area contributed by atoms with E-state index in [0.717, 1.165) is 5.92 Å². The Balaban J connectivity index is 2.41. The fourth-order valence-corrected chi connectivity index (χ4v) is 2.19. The Labute approximate surface area is 82.5 Å². The van der Waals surface area contributed by atoms with Crippen molar-refractivity contribution in [1.29, 1.82) is 0 Å². The molecular formula is C11H24N2. The van der Waals surface area contributed by atoms with Gasteiger partial charge in [0, 0.05) is 6.04 Å². The fourth-order valence-electron chi connectivity index (χ4n) is 2.19. The Morgan fingerprint density at radius 1 is 1.23 bits per heavy atom. The van der Waals surface area contributed by atoms with E-state index in [0.29, 0.717) is 12.0 Å². The monoisotopic (exact) mass is 184 g/mol. The van der Waals surface area contributed by atoms with Crippen LogP contribution in [0, 0.1) is 11.8 Å². The van der Waals surface area contributed by atoms with Crippen molar-refractivity contribution in [2.45, 2.75) is 39.2 Å². The van der Waals surface area contributed by atoms with Crippen molar-refractivity contribution in [1.82, 2.24) is 4.90 Å². The molecule has 2 N–H and O–H groups in total. The molecule has 1 fully saturated rings. The molecule has 0 spiro atoms. The van der Waals surface area contributed by atoms with Crippen LogP contribution in [0.3, 0.4) is 0 Å². The van der Waals surface area contributed by atoms with Crippen molar-refractivity contribution in [2.75, 3.05) is 20.1 Å². The van der Waals surface area contributed by atoms with Gasteiger partial charge in [-0.2, -0.15) is 0 Å². The van der Waals surface area contributed by atoms with Gasteiger partial charge in [0.1, 0.15) is 0 Å². The highest BCUT2D eigenvalue weighted by Gasteiger charge is 2.22. The first-order valence-electron chi connectivity index (χ1n) is 5.55. The minimum atomic E-state index is 0.409. The Bertz CT molecular complexity index is 145. The summed E-state index contributed by atoms with van der Waals surface area (Å²) in [5.41, 5.74) is 6.19. The van der Waals surface area contributed by atoms with Gasteiger partial charge in [-0.25, -0.2) is 0 Å². The molecule has 0 amide bonds. The predicted octanol–water partition coefficient (Wildman–Crippen LogP) is 1.70. The van der Waals surface area contributed by atoms with Crippen molar-refractivity contribution in [2.24, 2.45) is 17.6 Å². The number of hydrogen-bond donors (Lipinski definition) is 1. The van der Waals surface area contributed by atoms with E-state index in [1.807, 2.05) is 0 Å². The van der Waals surface area contributed by atoms with Crippen LogP contribution in [0.4, 0.5) is 0 Å². The van der Waals surface area contributed by atoms with Gasteiger partial charge in [-0.3, -0.25) is 0 Å². The standard InChI is InChI=1S/C11H24N2/c1-9(2)11(12)10-5-4-7-13(3)8-6-10/h9-11H,4-8,12H2,1-3H3. The lowest BCUT2D eigenvalue weighted by Crippen LogP contribution is -2.35. The molecule has 0 bridgehead atoms. The molecule has 78 valence electrons. The molecule has 1 heterocycles. The summed E-state index contributed by atoms with van der Waals surface area (Å²) in [5.74, 6) is 1.39. The second-order valence-corrected chi connectivity index (χ2v) is 4.82. The SMILES string of the molecule is CC(C)C(N)C1CCCN(C)CC1. The Hall–Kier alpha value is -0.0800. The third-order valence-corrected chi connectivity index (χ3v) is 3.31. The van der Waals surface area contributed by atoms with Crippen molar-refractivity contribution in [3.8, 4) is 0 Å². The van der Waals surface area contributed by atoms with Crippen molar-refractivity contribution in [3.05, 3.63) is 0 Å². The molecule has 2 atom stereocenters. The minimum Gasteiger partial charge on any atom is -0.327 e. The highest BCUT2D eigenvalue weighted by Crippen LogP contribution is 2.22.